The van der Waals surface area contributed by atoms with Gasteiger partial charge in [0, 0.05) is 22.5 Å². The Balaban J connectivity index is 1.39. The summed E-state index contributed by atoms with van der Waals surface area (Å²) in [4.78, 5) is 22.0. The predicted octanol–water partition coefficient (Wildman–Crippen LogP) is 5.65. The Morgan fingerprint density at radius 3 is 2.55 bits per heavy atom. The molecule has 0 spiro atoms. The van der Waals surface area contributed by atoms with Gasteiger partial charge >= 0.3 is 0 Å². The number of anilines is 1. The number of aryl methyl sites for hydroxylation is 2. The third kappa shape index (κ3) is 4.39. The van der Waals surface area contributed by atoms with Gasteiger partial charge in [-0.2, -0.15) is 0 Å². The number of hydrogen-bond donors (Lipinski definition) is 1. The van der Waals surface area contributed by atoms with Crippen LogP contribution >= 0.6 is 22.9 Å². The van der Waals surface area contributed by atoms with Crippen LogP contribution in [-0.4, -0.2) is 22.5 Å². The summed E-state index contributed by atoms with van der Waals surface area (Å²) in [5.74, 6) is 0.395. The largest absolute Gasteiger partial charge is 0.484 e. The normalized spacial score (nSPS) is 10.9. The maximum Gasteiger partial charge on any atom is 0.262 e. The molecule has 0 atom stereocenters. The van der Waals surface area contributed by atoms with E-state index in [1.165, 1.54) is 0 Å². The summed E-state index contributed by atoms with van der Waals surface area (Å²) in [6, 6.07) is 15.0. The second kappa shape index (κ2) is 8.19. The van der Waals surface area contributed by atoms with Crippen molar-refractivity contribution in [3.63, 3.8) is 0 Å². The molecule has 0 aliphatic heterocycles. The van der Waals surface area contributed by atoms with Crippen LogP contribution in [0.1, 0.15) is 11.1 Å². The minimum Gasteiger partial charge on any atom is -0.484 e. The highest BCUT2D eigenvalue weighted by molar-refractivity contribution is 7.21. The van der Waals surface area contributed by atoms with Gasteiger partial charge in [0.15, 0.2) is 6.61 Å². The van der Waals surface area contributed by atoms with E-state index >= 15 is 0 Å². The van der Waals surface area contributed by atoms with Gasteiger partial charge in [-0.3, -0.25) is 4.79 Å². The van der Waals surface area contributed by atoms with E-state index in [1.54, 1.807) is 17.5 Å². The van der Waals surface area contributed by atoms with Crippen molar-refractivity contribution in [1.29, 1.82) is 0 Å². The number of nitrogens with zero attached hydrogens (tertiary/aromatic N) is 2. The maximum absolute atomic E-state index is 12.2. The number of thiazole rings is 1. The number of fused-ring (bicyclic) bond motifs is 1. The molecule has 2 heterocycles. The van der Waals surface area contributed by atoms with Gasteiger partial charge in [-0.1, -0.05) is 22.9 Å². The lowest BCUT2D eigenvalue weighted by atomic mass is 10.1. The molecular weight excluding hydrogens is 406 g/mol. The van der Waals surface area contributed by atoms with Crippen molar-refractivity contribution in [1.82, 2.24) is 9.97 Å². The Morgan fingerprint density at radius 1 is 1.14 bits per heavy atom. The summed E-state index contributed by atoms with van der Waals surface area (Å²) in [6.45, 7) is 3.74. The van der Waals surface area contributed by atoms with Crippen LogP contribution in [0.25, 0.3) is 20.9 Å². The van der Waals surface area contributed by atoms with E-state index in [2.05, 4.69) is 15.3 Å². The molecule has 0 radical (unpaired) electrons. The minimum absolute atomic E-state index is 0.0776. The van der Waals surface area contributed by atoms with Crippen LogP contribution in [0.4, 0.5) is 5.69 Å². The molecule has 1 amide bonds. The molecule has 4 rings (SSSR count). The van der Waals surface area contributed by atoms with Crippen LogP contribution in [-0.2, 0) is 4.79 Å². The zero-order chi connectivity index (χ0) is 20.4. The van der Waals surface area contributed by atoms with E-state index in [0.717, 1.165) is 32.0 Å². The lowest BCUT2D eigenvalue weighted by Crippen LogP contribution is -2.20. The molecule has 7 heteroatoms. The summed E-state index contributed by atoms with van der Waals surface area (Å²) in [7, 11) is 0. The third-order valence-corrected chi connectivity index (χ3v) is 5.99. The molecule has 0 unspecified atom stereocenters. The number of halogens is 1. The van der Waals surface area contributed by atoms with Crippen molar-refractivity contribution in [2.24, 2.45) is 0 Å². The monoisotopic (exact) mass is 423 g/mol. The summed E-state index contributed by atoms with van der Waals surface area (Å²) in [5.41, 5.74) is 4.40. The summed E-state index contributed by atoms with van der Waals surface area (Å²) in [5, 5.41) is 4.45. The summed E-state index contributed by atoms with van der Waals surface area (Å²) < 4.78 is 5.60. The summed E-state index contributed by atoms with van der Waals surface area (Å²) >= 11 is 7.70. The molecule has 5 nitrogen and oxygen atoms in total. The Labute approximate surface area is 177 Å². The van der Waals surface area contributed by atoms with Crippen LogP contribution in [0.2, 0.25) is 5.02 Å². The van der Waals surface area contributed by atoms with E-state index in [4.69, 9.17) is 16.3 Å². The molecule has 1 N–H and O–H groups in total. The number of amides is 1. The van der Waals surface area contributed by atoms with Crippen molar-refractivity contribution >= 4 is 44.9 Å². The first-order valence-electron chi connectivity index (χ1n) is 9.01. The third-order valence-electron chi connectivity index (χ3n) is 4.36. The standard InChI is InChI=1S/C22H18ClN3O2S/c1-13-10-17(11-14(2)20(13)23)28-12-19(27)25-16-7-5-15(6-8-16)21-26-18-4-3-9-24-22(18)29-21/h3-11H,12H2,1-2H3,(H,25,27). The number of carbonyl (C=O) groups excluding carboxylic acids is 1. The Hall–Kier alpha value is -2.96. The van der Waals surface area contributed by atoms with Crippen LogP contribution in [0.15, 0.2) is 54.7 Å². The van der Waals surface area contributed by atoms with E-state index in [9.17, 15) is 4.79 Å². The number of ether oxygens (including phenoxy) is 1. The number of aromatic nitrogens is 2. The first-order chi connectivity index (χ1) is 14.0. The maximum atomic E-state index is 12.2. The number of hydrogen-bond acceptors (Lipinski definition) is 5. The molecule has 0 saturated carbocycles. The van der Waals surface area contributed by atoms with Crippen LogP contribution in [0.5, 0.6) is 5.75 Å². The van der Waals surface area contributed by atoms with E-state index in [0.29, 0.717) is 16.5 Å². The smallest absolute Gasteiger partial charge is 0.262 e. The molecule has 0 aliphatic rings. The molecule has 29 heavy (non-hydrogen) atoms. The van der Waals surface area contributed by atoms with Crippen molar-refractivity contribution in [3.05, 3.63) is 70.9 Å². The lowest BCUT2D eigenvalue weighted by molar-refractivity contribution is -0.118. The average Bonchev–Trinajstić information content (AvgIpc) is 3.15. The molecule has 4 aromatic rings. The SMILES string of the molecule is Cc1cc(OCC(=O)Nc2ccc(-c3nc4cccnc4s3)cc2)cc(C)c1Cl. The molecule has 0 bridgehead atoms. The average molecular weight is 424 g/mol. The van der Waals surface area contributed by atoms with Crippen LogP contribution in [0.3, 0.4) is 0 Å². The number of pyridine rings is 1. The van der Waals surface area contributed by atoms with Gasteiger partial charge in [0.25, 0.3) is 5.91 Å². The molecule has 0 fully saturated rings. The summed E-state index contributed by atoms with van der Waals surface area (Å²) in [6.07, 6.45) is 1.76. The number of rotatable bonds is 5. The highest BCUT2D eigenvalue weighted by atomic mass is 35.5. The Bertz CT molecular complexity index is 1130. The van der Waals surface area contributed by atoms with Crippen molar-refractivity contribution in [2.45, 2.75) is 13.8 Å². The van der Waals surface area contributed by atoms with Gasteiger partial charge in [-0.05, 0) is 73.5 Å². The predicted molar refractivity (Wildman–Crippen MR) is 118 cm³/mol. The highest BCUT2D eigenvalue weighted by Gasteiger charge is 2.09. The van der Waals surface area contributed by atoms with Gasteiger partial charge < -0.3 is 10.1 Å². The van der Waals surface area contributed by atoms with Crippen molar-refractivity contribution in [3.8, 4) is 16.3 Å². The Kier molecular flexibility index (Phi) is 5.47. The fourth-order valence-electron chi connectivity index (χ4n) is 2.92. The topological polar surface area (TPSA) is 64.1 Å². The molecule has 2 aromatic heterocycles. The van der Waals surface area contributed by atoms with Crippen molar-refractivity contribution in [2.75, 3.05) is 11.9 Å². The van der Waals surface area contributed by atoms with Gasteiger partial charge in [-0.15, -0.1) is 0 Å². The van der Waals surface area contributed by atoms with Crippen molar-refractivity contribution < 1.29 is 9.53 Å². The second-order valence-electron chi connectivity index (χ2n) is 6.63. The minimum atomic E-state index is -0.229. The fourth-order valence-corrected chi connectivity index (χ4v) is 3.95. The van der Waals surface area contributed by atoms with E-state index in [-0.39, 0.29) is 12.5 Å². The van der Waals surface area contributed by atoms with E-state index < -0.39 is 0 Å². The quantitative estimate of drug-likeness (QED) is 0.450. The fraction of sp³-hybridized carbons (Fsp3) is 0.136. The lowest BCUT2D eigenvalue weighted by Gasteiger charge is -2.10. The molecule has 0 saturated heterocycles. The van der Waals surface area contributed by atoms with E-state index in [1.807, 2.05) is 62.4 Å². The first kappa shape index (κ1) is 19.4. The van der Waals surface area contributed by atoms with Crippen LogP contribution < -0.4 is 10.1 Å². The van der Waals surface area contributed by atoms with Gasteiger partial charge in [0.1, 0.15) is 21.1 Å². The van der Waals surface area contributed by atoms with Gasteiger partial charge in [-0.25, -0.2) is 9.97 Å². The zero-order valence-corrected chi connectivity index (χ0v) is 17.5. The molecule has 2 aromatic carbocycles. The molecule has 146 valence electrons. The number of carbonyl (C=O) groups is 1. The Morgan fingerprint density at radius 2 is 1.86 bits per heavy atom. The molecule has 0 aliphatic carbocycles. The van der Waals surface area contributed by atoms with Crippen LogP contribution in [0, 0.1) is 13.8 Å². The highest BCUT2D eigenvalue weighted by Crippen LogP contribution is 2.29. The number of benzene rings is 2. The molecular formula is C22H18ClN3O2S. The second-order valence-corrected chi connectivity index (χ2v) is 7.99. The first-order valence-corrected chi connectivity index (χ1v) is 10.2. The number of nitrogens with one attached hydrogen (secondary N) is 1. The van der Waals surface area contributed by atoms with Gasteiger partial charge in [0.05, 0.1) is 0 Å². The van der Waals surface area contributed by atoms with Gasteiger partial charge in [0.2, 0.25) is 0 Å². The zero-order valence-electron chi connectivity index (χ0n) is 15.9.